The maximum Gasteiger partial charge on any atom is 0.198 e. The predicted molar refractivity (Wildman–Crippen MR) is 102 cm³/mol. The van der Waals surface area contributed by atoms with Crippen LogP contribution in [0.5, 0.6) is 0 Å². The molecule has 130 valence electrons. The van der Waals surface area contributed by atoms with E-state index in [1.54, 1.807) is 18.5 Å². The Kier molecular flexibility index (Phi) is 3.33. The molecular formula is C21H16N6. The second kappa shape index (κ2) is 5.74. The number of hydrogen-bond donors (Lipinski definition) is 0. The van der Waals surface area contributed by atoms with E-state index in [1.807, 2.05) is 42.7 Å². The Hall–Kier alpha value is -3.54. The molecule has 0 atom stereocenters. The molecule has 4 aromatic rings. The van der Waals surface area contributed by atoms with Gasteiger partial charge in [-0.25, -0.2) is 29.9 Å². The van der Waals surface area contributed by atoms with Crippen LogP contribution in [0.1, 0.15) is 25.0 Å². The highest BCUT2D eigenvalue weighted by Crippen LogP contribution is 2.46. The highest BCUT2D eigenvalue weighted by Gasteiger charge is 2.39. The van der Waals surface area contributed by atoms with Gasteiger partial charge in [0.05, 0.1) is 11.4 Å². The normalized spacial score (nSPS) is 13.9. The lowest BCUT2D eigenvalue weighted by molar-refractivity contribution is 0.651. The van der Waals surface area contributed by atoms with E-state index >= 15 is 0 Å². The third-order valence-electron chi connectivity index (χ3n) is 4.95. The lowest BCUT2D eigenvalue weighted by atomic mass is 9.84. The zero-order chi connectivity index (χ0) is 18.4. The van der Waals surface area contributed by atoms with Crippen LogP contribution in [-0.2, 0) is 5.41 Å². The zero-order valence-corrected chi connectivity index (χ0v) is 15.0. The van der Waals surface area contributed by atoms with E-state index < -0.39 is 0 Å². The summed E-state index contributed by atoms with van der Waals surface area (Å²) in [5.41, 5.74) is 4.49. The van der Waals surface area contributed by atoms with Crippen LogP contribution in [0, 0.1) is 0 Å². The van der Waals surface area contributed by atoms with Gasteiger partial charge in [0.2, 0.25) is 0 Å². The minimum Gasteiger partial charge on any atom is -0.236 e. The summed E-state index contributed by atoms with van der Waals surface area (Å²) in [6.45, 7) is 4.29. The Morgan fingerprint density at radius 3 is 1.89 bits per heavy atom. The van der Waals surface area contributed by atoms with Crippen molar-refractivity contribution < 1.29 is 0 Å². The van der Waals surface area contributed by atoms with Gasteiger partial charge in [-0.3, -0.25) is 0 Å². The number of rotatable bonds is 2. The van der Waals surface area contributed by atoms with E-state index in [2.05, 4.69) is 33.8 Å². The fourth-order valence-corrected chi connectivity index (χ4v) is 3.43. The van der Waals surface area contributed by atoms with E-state index in [-0.39, 0.29) is 5.41 Å². The lowest BCUT2D eigenvalue weighted by Gasteiger charge is -2.19. The van der Waals surface area contributed by atoms with Gasteiger partial charge >= 0.3 is 0 Å². The first-order chi connectivity index (χ1) is 13.1. The molecule has 0 saturated carbocycles. The largest absolute Gasteiger partial charge is 0.236 e. The van der Waals surface area contributed by atoms with Crippen molar-refractivity contribution in [2.75, 3.05) is 0 Å². The van der Waals surface area contributed by atoms with Gasteiger partial charge in [-0.05, 0) is 6.07 Å². The van der Waals surface area contributed by atoms with Gasteiger partial charge in [0.25, 0.3) is 0 Å². The molecule has 1 aromatic carbocycles. The molecule has 0 radical (unpaired) electrons. The van der Waals surface area contributed by atoms with Gasteiger partial charge in [0, 0.05) is 46.9 Å². The average Bonchev–Trinajstić information content (AvgIpc) is 2.96. The van der Waals surface area contributed by atoms with Crippen LogP contribution in [0.3, 0.4) is 0 Å². The summed E-state index contributed by atoms with van der Waals surface area (Å²) >= 11 is 0. The molecule has 0 bridgehead atoms. The van der Waals surface area contributed by atoms with Gasteiger partial charge in [-0.15, -0.1) is 0 Å². The first kappa shape index (κ1) is 15.7. The first-order valence-corrected chi connectivity index (χ1v) is 8.73. The highest BCUT2D eigenvalue weighted by molar-refractivity contribution is 5.76. The van der Waals surface area contributed by atoms with Crippen LogP contribution in [-0.4, -0.2) is 29.9 Å². The smallest absolute Gasteiger partial charge is 0.198 e. The summed E-state index contributed by atoms with van der Waals surface area (Å²) in [5.74, 6) is 1.69. The Balaban J connectivity index is 1.71. The maximum atomic E-state index is 4.85. The van der Waals surface area contributed by atoms with Crippen molar-refractivity contribution in [2.45, 2.75) is 19.3 Å². The van der Waals surface area contributed by atoms with E-state index in [1.165, 1.54) is 0 Å². The first-order valence-electron chi connectivity index (χ1n) is 8.73. The van der Waals surface area contributed by atoms with Gasteiger partial charge in [0.1, 0.15) is 0 Å². The number of benzene rings is 1. The molecule has 0 spiro atoms. The van der Waals surface area contributed by atoms with Crippen LogP contribution in [0.15, 0.2) is 61.2 Å². The minimum absolute atomic E-state index is 0.254. The van der Waals surface area contributed by atoms with Gasteiger partial charge < -0.3 is 0 Å². The molecule has 0 saturated heterocycles. The third-order valence-corrected chi connectivity index (χ3v) is 4.95. The molecule has 5 rings (SSSR count). The molecule has 0 aliphatic heterocycles. The fourth-order valence-electron chi connectivity index (χ4n) is 3.43. The highest BCUT2D eigenvalue weighted by atomic mass is 15.0. The molecule has 0 unspecified atom stereocenters. The van der Waals surface area contributed by atoms with E-state index in [0.29, 0.717) is 17.5 Å². The molecule has 6 heteroatoms. The van der Waals surface area contributed by atoms with Crippen molar-refractivity contribution >= 4 is 0 Å². The lowest BCUT2D eigenvalue weighted by Crippen LogP contribution is -2.16. The van der Waals surface area contributed by atoms with Crippen LogP contribution in [0.2, 0.25) is 0 Å². The average molecular weight is 352 g/mol. The number of aromatic nitrogens is 6. The number of nitrogens with zero attached hydrogens (tertiary/aromatic N) is 6. The molecule has 3 heterocycles. The second-order valence-electron chi connectivity index (χ2n) is 6.98. The zero-order valence-electron chi connectivity index (χ0n) is 15.0. The van der Waals surface area contributed by atoms with Crippen LogP contribution >= 0.6 is 0 Å². The predicted octanol–water partition coefficient (Wildman–Crippen LogP) is 3.70. The van der Waals surface area contributed by atoms with Gasteiger partial charge in [-0.2, -0.15) is 0 Å². The van der Waals surface area contributed by atoms with Crippen molar-refractivity contribution in [2.24, 2.45) is 0 Å². The Morgan fingerprint density at radius 2 is 1.22 bits per heavy atom. The monoisotopic (exact) mass is 352 g/mol. The van der Waals surface area contributed by atoms with Crippen molar-refractivity contribution in [3.63, 3.8) is 0 Å². The molecule has 6 nitrogen and oxygen atoms in total. The quantitative estimate of drug-likeness (QED) is 0.547. The summed E-state index contributed by atoms with van der Waals surface area (Å²) in [6.07, 6.45) is 7.14. The molecule has 1 aliphatic rings. The third kappa shape index (κ3) is 2.41. The molecule has 1 aliphatic carbocycles. The van der Waals surface area contributed by atoms with E-state index in [9.17, 15) is 0 Å². The molecule has 0 N–H and O–H groups in total. The molecule has 0 fully saturated rings. The van der Waals surface area contributed by atoms with Crippen LogP contribution < -0.4 is 0 Å². The number of fused-ring (bicyclic) bond motifs is 3. The van der Waals surface area contributed by atoms with Crippen molar-refractivity contribution in [3.8, 4) is 34.4 Å². The Labute approximate surface area is 156 Å². The summed E-state index contributed by atoms with van der Waals surface area (Å²) in [6, 6.07) is 11.7. The molecule has 27 heavy (non-hydrogen) atoms. The number of hydrogen-bond acceptors (Lipinski definition) is 6. The summed E-state index contributed by atoms with van der Waals surface area (Å²) in [5, 5.41) is 0. The topological polar surface area (TPSA) is 77.3 Å². The van der Waals surface area contributed by atoms with Crippen molar-refractivity contribution in [3.05, 3.63) is 72.3 Å². The molecular weight excluding hydrogens is 336 g/mol. The van der Waals surface area contributed by atoms with Crippen molar-refractivity contribution in [1.29, 1.82) is 0 Å². The minimum atomic E-state index is -0.254. The molecule has 3 aromatic heterocycles. The molecule has 0 amide bonds. The van der Waals surface area contributed by atoms with Crippen LogP contribution in [0.25, 0.3) is 34.4 Å². The Morgan fingerprint density at radius 1 is 0.630 bits per heavy atom. The Bertz CT molecular complexity index is 1050. The SMILES string of the molecule is CC1(C)c2cnc(-c3ccccc3)nc2-c2nc(-c3ncccn3)ncc21. The summed E-state index contributed by atoms with van der Waals surface area (Å²) < 4.78 is 0. The van der Waals surface area contributed by atoms with E-state index in [0.717, 1.165) is 28.1 Å². The summed E-state index contributed by atoms with van der Waals surface area (Å²) in [7, 11) is 0. The maximum absolute atomic E-state index is 4.85. The standard InChI is InChI=1S/C21H16N6/c1-21(2)14-11-24-18(13-7-4-3-5-8-13)26-16(14)17-15(21)12-25-20(27-17)19-22-9-6-10-23-19/h3-12H,1-2H3. The second-order valence-corrected chi connectivity index (χ2v) is 6.98. The summed E-state index contributed by atoms with van der Waals surface area (Å²) in [4.78, 5) is 27.2. The van der Waals surface area contributed by atoms with Gasteiger partial charge in [-0.1, -0.05) is 44.2 Å². The van der Waals surface area contributed by atoms with Crippen molar-refractivity contribution in [1.82, 2.24) is 29.9 Å². The van der Waals surface area contributed by atoms with E-state index in [4.69, 9.17) is 9.97 Å². The van der Waals surface area contributed by atoms with Gasteiger partial charge in [0.15, 0.2) is 17.5 Å². The van der Waals surface area contributed by atoms with Crippen LogP contribution in [0.4, 0.5) is 0 Å². The fraction of sp³-hybridized carbons (Fsp3) is 0.143.